The molecular formula is C14H17N5O3. The van der Waals surface area contributed by atoms with Crippen molar-refractivity contribution >= 4 is 23.0 Å². The summed E-state index contributed by atoms with van der Waals surface area (Å²) in [6, 6.07) is 0. The molecule has 2 radical (unpaired) electrons. The fourth-order valence-electron chi connectivity index (χ4n) is 2.29. The standard InChI is InChI=1S/C14H17N5O3/c1-9(20)21-6-10-4-5-11(22-10)19-8-17-12-13(18(2)3)15-7-16-14(12)19/h4-5,7-8,10-11H,6H2,1-3H3/t10-,11-/m1/s1. The maximum atomic E-state index is 10.8. The summed E-state index contributed by atoms with van der Waals surface area (Å²) < 4.78 is 12.6. The van der Waals surface area contributed by atoms with E-state index >= 15 is 0 Å². The summed E-state index contributed by atoms with van der Waals surface area (Å²) in [4.78, 5) is 25.6. The molecule has 8 nitrogen and oxygen atoms in total. The Morgan fingerprint density at radius 3 is 2.91 bits per heavy atom. The third-order valence-corrected chi connectivity index (χ3v) is 3.29. The lowest BCUT2D eigenvalue weighted by molar-refractivity contribution is -0.144. The van der Waals surface area contributed by atoms with E-state index in [1.165, 1.54) is 13.3 Å². The van der Waals surface area contributed by atoms with Crippen molar-refractivity contribution in [3.63, 3.8) is 0 Å². The Morgan fingerprint density at radius 2 is 2.18 bits per heavy atom. The van der Waals surface area contributed by atoms with Crippen molar-refractivity contribution in [3.05, 3.63) is 25.5 Å². The molecule has 0 aromatic carbocycles. The maximum Gasteiger partial charge on any atom is 0.302 e. The van der Waals surface area contributed by atoms with Gasteiger partial charge in [-0.05, 0) is 0 Å². The number of carbonyl (C=O) groups excluding carboxylic acids is 1. The van der Waals surface area contributed by atoms with Crippen LogP contribution in [0.25, 0.3) is 11.2 Å². The predicted octanol–water partition coefficient (Wildman–Crippen LogP) is 0.761. The van der Waals surface area contributed by atoms with Crippen LogP contribution in [-0.2, 0) is 14.3 Å². The van der Waals surface area contributed by atoms with E-state index in [-0.39, 0.29) is 24.9 Å². The first-order chi connectivity index (χ1) is 10.6. The van der Waals surface area contributed by atoms with Gasteiger partial charge in [-0.25, -0.2) is 15.0 Å². The number of esters is 1. The van der Waals surface area contributed by atoms with Crippen LogP contribution >= 0.6 is 0 Å². The van der Waals surface area contributed by atoms with E-state index in [1.807, 2.05) is 36.4 Å². The number of carbonyl (C=O) groups is 1. The third-order valence-electron chi connectivity index (χ3n) is 3.29. The van der Waals surface area contributed by atoms with Gasteiger partial charge in [0.2, 0.25) is 0 Å². The van der Waals surface area contributed by atoms with Crippen LogP contribution in [-0.4, -0.2) is 52.3 Å². The zero-order valence-electron chi connectivity index (χ0n) is 12.6. The topological polar surface area (TPSA) is 82.4 Å². The second-order valence-electron chi connectivity index (χ2n) is 5.17. The second-order valence-corrected chi connectivity index (χ2v) is 5.17. The van der Waals surface area contributed by atoms with Crippen molar-refractivity contribution in [2.75, 3.05) is 25.6 Å². The zero-order valence-corrected chi connectivity index (χ0v) is 12.6. The molecule has 3 heterocycles. The average molecular weight is 303 g/mol. The summed E-state index contributed by atoms with van der Waals surface area (Å²) >= 11 is 0. The summed E-state index contributed by atoms with van der Waals surface area (Å²) in [6.07, 6.45) is 6.36. The van der Waals surface area contributed by atoms with Crippen molar-refractivity contribution in [1.82, 2.24) is 19.5 Å². The van der Waals surface area contributed by atoms with Gasteiger partial charge in [-0.1, -0.05) is 0 Å². The first-order valence-corrected chi connectivity index (χ1v) is 6.88. The molecular weight excluding hydrogens is 286 g/mol. The van der Waals surface area contributed by atoms with Gasteiger partial charge in [0.05, 0.1) is 12.4 Å². The number of hydrogen-bond donors (Lipinski definition) is 0. The molecule has 22 heavy (non-hydrogen) atoms. The van der Waals surface area contributed by atoms with Gasteiger partial charge in [0.1, 0.15) is 19.2 Å². The van der Waals surface area contributed by atoms with E-state index in [1.54, 1.807) is 6.33 Å². The van der Waals surface area contributed by atoms with Crippen LogP contribution in [0.3, 0.4) is 0 Å². The van der Waals surface area contributed by atoms with Crippen molar-refractivity contribution in [1.29, 1.82) is 0 Å². The van der Waals surface area contributed by atoms with Gasteiger partial charge in [-0.15, -0.1) is 0 Å². The molecule has 0 amide bonds. The van der Waals surface area contributed by atoms with Crippen molar-refractivity contribution in [2.24, 2.45) is 0 Å². The monoisotopic (exact) mass is 303 g/mol. The number of anilines is 1. The van der Waals surface area contributed by atoms with Crippen LogP contribution in [0.5, 0.6) is 0 Å². The summed E-state index contributed by atoms with van der Waals surface area (Å²) in [6.45, 7) is 1.58. The van der Waals surface area contributed by atoms with Crippen molar-refractivity contribution in [2.45, 2.75) is 19.3 Å². The summed E-state index contributed by atoms with van der Waals surface area (Å²) in [5, 5.41) is 0. The Hall–Kier alpha value is -2.22. The van der Waals surface area contributed by atoms with Crippen molar-refractivity contribution < 1.29 is 14.3 Å². The largest absolute Gasteiger partial charge is 0.463 e. The Morgan fingerprint density at radius 1 is 1.36 bits per heavy atom. The first-order valence-electron chi connectivity index (χ1n) is 6.88. The molecule has 1 aliphatic heterocycles. The minimum Gasteiger partial charge on any atom is -0.463 e. The van der Waals surface area contributed by atoms with E-state index in [0.717, 1.165) is 5.82 Å². The number of fused-ring (bicyclic) bond motifs is 1. The number of rotatable bonds is 4. The molecule has 1 saturated heterocycles. The van der Waals surface area contributed by atoms with Crippen LogP contribution < -0.4 is 4.90 Å². The van der Waals surface area contributed by atoms with Gasteiger partial charge in [0, 0.05) is 33.9 Å². The molecule has 1 aliphatic rings. The number of imidazole rings is 1. The molecule has 116 valence electrons. The highest BCUT2D eigenvalue weighted by Crippen LogP contribution is 2.30. The average Bonchev–Trinajstić information content (AvgIpc) is 3.10. The van der Waals surface area contributed by atoms with Gasteiger partial charge >= 0.3 is 5.97 Å². The predicted molar refractivity (Wildman–Crippen MR) is 78.8 cm³/mol. The van der Waals surface area contributed by atoms with Crippen LogP contribution in [0.15, 0.2) is 12.7 Å². The van der Waals surface area contributed by atoms with Crippen LogP contribution in [0.4, 0.5) is 5.82 Å². The number of aromatic nitrogens is 4. The lowest BCUT2D eigenvalue weighted by atomic mass is 10.2. The quantitative estimate of drug-likeness (QED) is 0.771. The molecule has 0 unspecified atom stereocenters. The number of nitrogens with zero attached hydrogens (tertiary/aromatic N) is 5. The van der Waals surface area contributed by atoms with E-state index in [9.17, 15) is 4.79 Å². The molecule has 2 aromatic rings. The smallest absolute Gasteiger partial charge is 0.302 e. The molecule has 8 heteroatoms. The van der Waals surface area contributed by atoms with Crippen molar-refractivity contribution in [3.8, 4) is 0 Å². The lowest BCUT2D eigenvalue weighted by Gasteiger charge is -2.15. The van der Waals surface area contributed by atoms with E-state index in [2.05, 4.69) is 15.0 Å². The minimum atomic E-state index is -0.324. The molecule has 2 aromatic heterocycles. The highest BCUT2D eigenvalue weighted by molar-refractivity contribution is 5.83. The van der Waals surface area contributed by atoms with E-state index in [4.69, 9.17) is 9.47 Å². The Bertz CT molecular complexity index is 684. The van der Waals surface area contributed by atoms with Crippen LogP contribution in [0.2, 0.25) is 0 Å². The Kier molecular flexibility index (Phi) is 3.93. The minimum absolute atomic E-state index is 0.201. The van der Waals surface area contributed by atoms with Crippen LogP contribution in [0.1, 0.15) is 13.2 Å². The Labute approximate surface area is 128 Å². The van der Waals surface area contributed by atoms with E-state index < -0.39 is 0 Å². The van der Waals surface area contributed by atoms with Crippen LogP contribution in [0, 0.1) is 12.8 Å². The van der Waals surface area contributed by atoms with Gasteiger partial charge < -0.3 is 14.4 Å². The van der Waals surface area contributed by atoms with Gasteiger partial charge in [-0.3, -0.25) is 9.36 Å². The fourth-order valence-corrected chi connectivity index (χ4v) is 2.29. The lowest BCUT2D eigenvalue weighted by Crippen LogP contribution is -2.18. The first kappa shape index (κ1) is 14.7. The zero-order chi connectivity index (χ0) is 15.7. The fraction of sp³-hybridized carbons (Fsp3) is 0.429. The number of hydrogen-bond acceptors (Lipinski definition) is 7. The normalized spacial score (nSPS) is 21.2. The highest BCUT2D eigenvalue weighted by Gasteiger charge is 2.29. The second kappa shape index (κ2) is 5.88. The molecule has 3 rings (SSSR count). The number of ether oxygens (including phenoxy) is 2. The molecule has 2 atom stereocenters. The maximum absolute atomic E-state index is 10.8. The SMILES string of the molecule is CC(=O)OC[C@H]1[CH][CH][C@H](n2cnc3c(N(C)C)ncnc32)O1. The van der Waals surface area contributed by atoms with E-state index in [0.29, 0.717) is 11.2 Å². The third kappa shape index (κ3) is 2.74. The van der Waals surface area contributed by atoms with Gasteiger partial charge in [-0.2, -0.15) is 0 Å². The summed E-state index contributed by atoms with van der Waals surface area (Å²) in [7, 11) is 3.81. The molecule has 0 bridgehead atoms. The molecule has 0 saturated carbocycles. The summed E-state index contributed by atoms with van der Waals surface area (Å²) in [5.74, 6) is 0.430. The molecule has 1 fully saturated rings. The summed E-state index contributed by atoms with van der Waals surface area (Å²) in [5.41, 5.74) is 1.41. The molecule has 0 spiro atoms. The Balaban J connectivity index is 1.80. The van der Waals surface area contributed by atoms with Gasteiger partial charge in [0.15, 0.2) is 17.0 Å². The van der Waals surface area contributed by atoms with Gasteiger partial charge in [0.25, 0.3) is 0 Å². The molecule has 0 aliphatic carbocycles. The highest BCUT2D eigenvalue weighted by atomic mass is 16.6. The molecule has 0 N–H and O–H groups in total.